The molecule has 2 atom stereocenters. The summed E-state index contributed by atoms with van der Waals surface area (Å²) in [5, 5.41) is 19.4. The summed E-state index contributed by atoms with van der Waals surface area (Å²) < 4.78 is 0. The number of nitrogens with two attached hydrogens (primary N) is 2. The van der Waals surface area contributed by atoms with E-state index in [2.05, 4.69) is 0 Å². The highest BCUT2D eigenvalue weighted by atomic mass is 35.5. The van der Waals surface area contributed by atoms with Gasteiger partial charge in [-0.25, -0.2) is 0 Å². The number of hydrogen-bond acceptors (Lipinski definition) is 4. The van der Waals surface area contributed by atoms with Crippen LogP contribution in [-0.4, -0.2) is 22.9 Å². The second-order valence-electron chi connectivity index (χ2n) is 3.48. The third kappa shape index (κ3) is 2.60. The molecule has 0 aliphatic carbocycles. The van der Waals surface area contributed by atoms with Crippen LogP contribution in [0.15, 0.2) is 12.1 Å². The molecule has 0 saturated heterocycles. The maximum absolute atomic E-state index is 9.70. The van der Waals surface area contributed by atoms with Gasteiger partial charge in [0.05, 0.1) is 16.8 Å². The predicted molar refractivity (Wildman–Crippen MR) is 60.6 cm³/mol. The van der Waals surface area contributed by atoms with E-state index in [-0.39, 0.29) is 6.54 Å². The minimum Gasteiger partial charge on any atom is -0.397 e. The minimum absolute atomic E-state index is 0.0117. The van der Waals surface area contributed by atoms with Crippen molar-refractivity contribution in [2.45, 2.75) is 19.1 Å². The van der Waals surface area contributed by atoms with E-state index in [9.17, 15) is 10.2 Å². The molecule has 0 aliphatic heterocycles. The Labute approximate surface area is 93.5 Å². The second-order valence-corrected chi connectivity index (χ2v) is 3.89. The fourth-order valence-corrected chi connectivity index (χ4v) is 1.58. The third-order valence-electron chi connectivity index (χ3n) is 2.31. The molecule has 2 unspecified atom stereocenters. The van der Waals surface area contributed by atoms with E-state index in [0.29, 0.717) is 16.3 Å². The molecule has 1 rings (SSSR count). The first-order valence-electron chi connectivity index (χ1n) is 4.59. The number of halogens is 1. The monoisotopic (exact) mass is 230 g/mol. The lowest BCUT2D eigenvalue weighted by Gasteiger charge is -2.18. The number of hydrogen-bond donors (Lipinski definition) is 4. The van der Waals surface area contributed by atoms with Crippen molar-refractivity contribution < 1.29 is 10.2 Å². The fourth-order valence-electron chi connectivity index (χ4n) is 1.30. The second kappa shape index (κ2) is 4.81. The van der Waals surface area contributed by atoms with E-state index in [1.807, 2.05) is 0 Å². The summed E-state index contributed by atoms with van der Waals surface area (Å²) in [6.07, 6.45) is -2.03. The molecular weight excluding hydrogens is 216 g/mol. The van der Waals surface area contributed by atoms with Crippen LogP contribution in [0.5, 0.6) is 0 Å². The molecule has 0 heterocycles. The van der Waals surface area contributed by atoms with Gasteiger partial charge in [0.1, 0.15) is 6.10 Å². The summed E-state index contributed by atoms with van der Waals surface area (Å²) in [4.78, 5) is 0. The average Bonchev–Trinajstić information content (AvgIpc) is 2.23. The summed E-state index contributed by atoms with van der Waals surface area (Å²) >= 11 is 5.86. The summed E-state index contributed by atoms with van der Waals surface area (Å²) in [6.45, 7) is 1.77. The molecule has 0 radical (unpaired) electrons. The van der Waals surface area contributed by atoms with Crippen molar-refractivity contribution in [1.82, 2.24) is 0 Å². The topological polar surface area (TPSA) is 92.5 Å². The largest absolute Gasteiger partial charge is 0.397 e. The van der Waals surface area contributed by atoms with Crippen LogP contribution in [0.1, 0.15) is 17.2 Å². The van der Waals surface area contributed by atoms with E-state index >= 15 is 0 Å². The molecule has 5 heteroatoms. The Kier molecular flexibility index (Phi) is 3.93. The number of aliphatic hydroxyl groups is 2. The van der Waals surface area contributed by atoms with Gasteiger partial charge in [-0.15, -0.1) is 0 Å². The Balaban J connectivity index is 3.06. The van der Waals surface area contributed by atoms with Gasteiger partial charge in [0, 0.05) is 6.54 Å². The van der Waals surface area contributed by atoms with Gasteiger partial charge in [-0.1, -0.05) is 17.7 Å². The molecule has 0 aliphatic rings. The van der Waals surface area contributed by atoms with Gasteiger partial charge in [0.2, 0.25) is 0 Å². The molecule has 1 aromatic rings. The number of rotatable bonds is 3. The molecule has 15 heavy (non-hydrogen) atoms. The molecule has 0 amide bonds. The molecule has 1 aromatic carbocycles. The van der Waals surface area contributed by atoms with E-state index in [1.54, 1.807) is 13.0 Å². The van der Waals surface area contributed by atoms with Crippen LogP contribution in [-0.2, 0) is 0 Å². The Morgan fingerprint density at radius 3 is 2.47 bits per heavy atom. The van der Waals surface area contributed by atoms with Crippen molar-refractivity contribution in [3.05, 3.63) is 28.3 Å². The lowest BCUT2D eigenvalue weighted by molar-refractivity contribution is 0.0243. The summed E-state index contributed by atoms with van der Waals surface area (Å²) in [7, 11) is 0. The highest BCUT2D eigenvalue weighted by Gasteiger charge is 2.18. The number of aliphatic hydroxyl groups excluding tert-OH is 2. The maximum atomic E-state index is 9.70. The zero-order chi connectivity index (χ0) is 11.6. The summed E-state index contributed by atoms with van der Waals surface area (Å²) in [6, 6.07) is 3.22. The highest BCUT2D eigenvalue weighted by Crippen LogP contribution is 2.28. The standard InChI is InChI=1S/C10H15ClN2O2/c1-5-2-6(3-7(11)9(5)13)10(15)8(14)4-12/h2-3,8,10,14-15H,4,12-13H2,1H3. The van der Waals surface area contributed by atoms with Crippen LogP contribution < -0.4 is 11.5 Å². The van der Waals surface area contributed by atoms with E-state index in [0.717, 1.165) is 5.56 Å². The zero-order valence-corrected chi connectivity index (χ0v) is 9.20. The van der Waals surface area contributed by atoms with Crippen molar-refractivity contribution in [2.24, 2.45) is 5.73 Å². The predicted octanol–water partition coefficient (Wildman–Crippen LogP) is 0.584. The van der Waals surface area contributed by atoms with Gasteiger partial charge < -0.3 is 21.7 Å². The number of anilines is 1. The molecule has 0 bridgehead atoms. The lowest BCUT2D eigenvalue weighted by Crippen LogP contribution is -2.27. The average molecular weight is 231 g/mol. The molecule has 6 N–H and O–H groups in total. The van der Waals surface area contributed by atoms with Crippen molar-refractivity contribution in [2.75, 3.05) is 12.3 Å². The molecule has 84 valence electrons. The smallest absolute Gasteiger partial charge is 0.106 e. The van der Waals surface area contributed by atoms with Gasteiger partial charge in [-0.2, -0.15) is 0 Å². The summed E-state index contributed by atoms with van der Waals surface area (Å²) in [5.74, 6) is 0. The maximum Gasteiger partial charge on any atom is 0.106 e. The van der Waals surface area contributed by atoms with Crippen LogP contribution in [0.2, 0.25) is 5.02 Å². The SMILES string of the molecule is Cc1cc(C(O)C(O)CN)cc(Cl)c1N. The van der Waals surface area contributed by atoms with Crippen LogP contribution >= 0.6 is 11.6 Å². The molecule has 4 nitrogen and oxygen atoms in total. The first-order chi connectivity index (χ1) is 6.97. The Morgan fingerprint density at radius 2 is 2.00 bits per heavy atom. The van der Waals surface area contributed by atoms with Crippen molar-refractivity contribution in [3.63, 3.8) is 0 Å². The number of aryl methyl sites for hydroxylation is 1. The van der Waals surface area contributed by atoms with Crippen molar-refractivity contribution in [1.29, 1.82) is 0 Å². The van der Waals surface area contributed by atoms with Gasteiger partial charge in [0.25, 0.3) is 0 Å². The van der Waals surface area contributed by atoms with Crippen LogP contribution in [0.3, 0.4) is 0 Å². The lowest BCUT2D eigenvalue weighted by atomic mass is 10.0. The van der Waals surface area contributed by atoms with Gasteiger partial charge in [-0.3, -0.25) is 0 Å². The van der Waals surface area contributed by atoms with E-state index in [4.69, 9.17) is 23.1 Å². The first-order valence-corrected chi connectivity index (χ1v) is 4.97. The Morgan fingerprint density at radius 1 is 1.40 bits per heavy atom. The van der Waals surface area contributed by atoms with Crippen molar-refractivity contribution >= 4 is 17.3 Å². The van der Waals surface area contributed by atoms with Crippen LogP contribution in [0, 0.1) is 6.92 Å². The zero-order valence-electron chi connectivity index (χ0n) is 8.44. The van der Waals surface area contributed by atoms with Gasteiger partial charge >= 0.3 is 0 Å². The fraction of sp³-hybridized carbons (Fsp3) is 0.400. The minimum atomic E-state index is -1.04. The Hall–Kier alpha value is -0.810. The third-order valence-corrected chi connectivity index (χ3v) is 2.62. The van der Waals surface area contributed by atoms with Crippen LogP contribution in [0.4, 0.5) is 5.69 Å². The first kappa shape index (κ1) is 12.3. The Bertz CT molecular complexity index is 334. The van der Waals surface area contributed by atoms with E-state index < -0.39 is 12.2 Å². The molecule has 0 spiro atoms. The summed E-state index contributed by atoms with van der Waals surface area (Å²) in [5.41, 5.74) is 12.7. The van der Waals surface area contributed by atoms with Crippen LogP contribution in [0.25, 0.3) is 0 Å². The highest BCUT2D eigenvalue weighted by molar-refractivity contribution is 6.33. The molecular formula is C10H15ClN2O2. The molecule has 0 saturated carbocycles. The van der Waals surface area contributed by atoms with Gasteiger partial charge in [0.15, 0.2) is 0 Å². The number of nitrogen functional groups attached to an aromatic ring is 1. The van der Waals surface area contributed by atoms with Crippen molar-refractivity contribution in [3.8, 4) is 0 Å². The van der Waals surface area contributed by atoms with Gasteiger partial charge in [-0.05, 0) is 24.1 Å². The molecule has 0 fully saturated rings. The quantitative estimate of drug-likeness (QED) is 0.572. The number of benzene rings is 1. The van der Waals surface area contributed by atoms with E-state index in [1.165, 1.54) is 6.07 Å². The molecule has 0 aromatic heterocycles. The normalized spacial score (nSPS) is 15.0.